The number of H-pyrrole nitrogens is 1. The van der Waals surface area contributed by atoms with E-state index in [2.05, 4.69) is 22.7 Å². The number of nitrogens with zero attached hydrogens (tertiary/aromatic N) is 1. The Morgan fingerprint density at radius 3 is 2.78 bits per heavy atom. The molecule has 0 aliphatic carbocycles. The Labute approximate surface area is 54.5 Å². The molecule has 1 aliphatic heterocycles. The van der Waals surface area contributed by atoms with Crippen LogP contribution in [0.1, 0.15) is 18.4 Å². The van der Waals surface area contributed by atoms with E-state index in [1.54, 1.807) is 0 Å². The number of imidazole rings is 1. The van der Waals surface area contributed by atoms with Gasteiger partial charge in [-0.15, -0.1) is 0 Å². The summed E-state index contributed by atoms with van der Waals surface area (Å²) in [6.07, 6.45) is 4.58. The Morgan fingerprint density at radius 1 is 1.67 bits per heavy atom. The highest BCUT2D eigenvalue weighted by atomic mass is 15.1. The lowest BCUT2D eigenvalue weighted by Gasteiger charge is -1.86. The van der Waals surface area contributed by atoms with E-state index >= 15 is 0 Å². The molecule has 0 fully saturated rings. The quantitative estimate of drug-likeness (QED) is 0.522. The fraction of sp³-hybridized carbons (Fsp3) is 0.571. The number of rotatable bonds is 1. The van der Waals surface area contributed by atoms with Crippen LogP contribution in [0.5, 0.6) is 0 Å². The average molecular weight is 123 g/mol. The number of aryl methyl sites for hydroxylation is 2. The molecule has 0 unspecified atom stereocenters. The molecule has 0 atom stereocenters. The van der Waals surface area contributed by atoms with E-state index in [9.17, 15) is 0 Å². The van der Waals surface area contributed by atoms with E-state index in [1.807, 2.05) is 0 Å². The highest BCUT2D eigenvalue weighted by Gasteiger charge is 2.23. The smallest absolute Gasteiger partial charge is 0.247 e. The third-order valence-corrected chi connectivity index (χ3v) is 2.01. The Morgan fingerprint density at radius 2 is 2.56 bits per heavy atom. The van der Waals surface area contributed by atoms with Gasteiger partial charge in [0.05, 0.1) is 13.0 Å². The minimum absolute atomic E-state index is 1.12. The molecule has 2 heteroatoms. The zero-order valence-electron chi connectivity index (χ0n) is 5.65. The second kappa shape index (κ2) is 1.59. The van der Waals surface area contributed by atoms with Crippen molar-refractivity contribution in [3.63, 3.8) is 0 Å². The van der Waals surface area contributed by atoms with E-state index in [-0.39, 0.29) is 0 Å². The molecule has 1 aromatic rings. The van der Waals surface area contributed by atoms with Gasteiger partial charge in [0.2, 0.25) is 0 Å². The van der Waals surface area contributed by atoms with Crippen molar-refractivity contribution in [3.05, 3.63) is 17.7 Å². The number of aromatic nitrogens is 2. The molecule has 0 aromatic carbocycles. The number of nitrogens with one attached hydrogen (secondary N) is 1. The maximum absolute atomic E-state index is 3.24. The van der Waals surface area contributed by atoms with Crippen LogP contribution in [0.3, 0.4) is 0 Å². The molecule has 2 heterocycles. The SMILES string of the molecule is CC[n+]1c2c[nH]c1CC2. The normalized spacial score (nSPS) is 14.8. The van der Waals surface area contributed by atoms with Crippen molar-refractivity contribution in [1.29, 1.82) is 0 Å². The van der Waals surface area contributed by atoms with Gasteiger partial charge >= 0.3 is 0 Å². The van der Waals surface area contributed by atoms with Gasteiger partial charge in [-0.2, -0.15) is 0 Å². The molecular formula is C7H11N2+. The summed E-state index contributed by atoms with van der Waals surface area (Å²) in [5.41, 5.74) is 1.47. The summed E-state index contributed by atoms with van der Waals surface area (Å²) in [5.74, 6) is 1.40. The van der Waals surface area contributed by atoms with E-state index in [0.29, 0.717) is 0 Å². The standard InChI is InChI=1S/C7H10N2/c1-2-9-6-3-4-7(9)8-5-6/h5H,2-4H2,1H3/p+1. The summed E-state index contributed by atoms with van der Waals surface area (Å²) in [5, 5.41) is 0. The first kappa shape index (κ1) is 5.03. The van der Waals surface area contributed by atoms with Gasteiger partial charge in [0.25, 0.3) is 5.82 Å². The van der Waals surface area contributed by atoms with Crippen LogP contribution in [-0.2, 0) is 19.4 Å². The first-order valence-electron chi connectivity index (χ1n) is 3.51. The molecule has 2 bridgehead atoms. The number of hydrogen-bond donors (Lipinski definition) is 1. The molecule has 0 radical (unpaired) electrons. The van der Waals surface area contributed by atoms with Crippen molar-refractivity contribution in [2.24, 2.45) is 0 Å². The van der Waals surface area contributed by atoms with Gasteiger partial charge in [0.1, 0.15) is 11.9 Å². The summed E-state index contributed by atoms with van der Waals surface area (Å²) in [4.78, 5) is 3.24. The Kier molecular flexibility index (Phi) is 0.891. The van der Waals surface area contributed by atoms with Gasteiger partial charge in [-0.25, -0.2) is 9.55 Å². The third-order valence-electron chi connectivity index (χ3n) is 2.01. The molecule has 2 rings (SSSR count). The average Bonchev–Trinajstić information content (AvgIpc) is 2.44. The maximum atomic E-state index is 3.24. The van der Waals surface area contributed by atoms with E-state index in [4.69, 9.17) is 0 Å². The molecule has 1 aliphatic rings. The van der Waals surface area contributed by atoms with Crippen molar-refractivity contribution in [2.45, 2.75) is 26.3 Å². The van der Waals surface area contributed by atoms with Crippen LogP contribution in [0.15, 0.2) is 6.20 Å². The molecule has 48 valence electrons. The van der Waals surface area contributed by atoms with Crippen molar-refractivity contribution in [2.75, 3.05) is 0 Å². The molecule has 0 saturated heterocycles. The first-order chi connectivity index (χ1) is 4.42. The monoisotopic (exact) mass is 123 g/mol. The van der Waals surface area contributed by atoms with Gasteiger partial charge in [-0.1, -0.05) is 0 Å². The zero-order chi connectivity index (χ0) is 6.27. The number of hydrogen-bond acceptors (Lipinski definition) is 0. The van der Waals surface area contributed by atoms with Crippen LogP contribution in [0.25, 0.3) is 0 Å². The highest BCUT2D eigenvalue weighted by molar-refractivity contribution is 5.00. The largest absolute Gasteiger partial charge is 0.254 e. The van der Waals surface area contributed by atoms with Gasteiger partial charge in [0.15, 0.2) is 0 Å². The third kappa shape index (κ3) is 0.530. The second-order valence-electron chi connectivity index (χ2n) is 2.47. The first-order valence-corrected chi connectivity index (χ1v) is 3.51. The van der Waals surface area contributed by atoms with Crippen molar-refractivity contribution >= 4 is 0 Å². The number of aromatic amines is 1. The van der Waals surface area contributed by atoms with Crippen LogP contribution < -0.4 is 4.57 Å². The van der Waals surface area contributed by atoms with Crippen LogP contribution in [-0.4, -0.2) is 4.98 Å². The number of fused-ring (bicyclic) bond motifs is 2. The molecule has 0 amide bonds. The van der Waals surface area contributed by atoms with E-state index < -0.39 is 0 Å². The summed E-state index contributed by atoms with van der Waals surface area (Å²) in [7, 11) is 0. The summed E-state index contributed by atoms with van der Waals surface area (Å²) in [6.45, 7) is 3.31. The molecule has 1 aromatic heterocycles. The maximum Gasteiger partial charge on any atom is 0.254 e. The van der Waals surface area contributed by atoms with E-state index in [0.717, 1.165) is 6.54 Å². The summed E-state index contributed by atoms with van der Waals surface area (Å²) >= 11 is 0. The van der Waals surface area contributed by atoms with Crippen molar-refractivity contribution in [3.8, 4) is 0 Å². The lowest BCUT2D eigenvalue weighted by Crippen LogP contribution is -2.33. The molecule has 0 saturated carbocycles. The van der Waals surface area contributed by atoms with Crippen LogP contribution in [0.2, 0.25) is 0 Å². The predicted molar refractivity (Wildman–Crippen MR) is 34.1 cm³/mol. The van der Waals surface area contributed by atoms with Crippen LogP contribution in [0.4, 0.5) is 0 Å². The Bertz CT molecular complexity index is 203. The summed E-state index contributed by atoms with van der Waals surface area (Å²) < 4.78 is 2.35. The van der Waals surface area contributed by atoms with Crippen LogP contribution in [0, 0.1) is 0 Å². The molecule has 9 heavy (non-hydrogen) atoms. The fourth-order valence-electron chi connectivity index (χ4n) is 1.55. The highest BCUT2D eigenvalue weighted by Crippen LogP contribution is 2.07. The molecule has 2 nitrogen and oxygen atoms in total. The van der Waals surface area contributed by atoms with Crippen LogP contribution >= 0.6 is 0 Å². The Balaban J connectivity index is 2.54. The molecule has 0 spiro atoms. The minimum Gasteiger partial charge on any atom is -0.247 e. The minimum atomic E-state index is 1.12. The predicted octanol–water partition coefficient (Wildman–Crippen LogP) is 0.421. The Hall–Kier alpha value is -0.790. The molecular weight excluding hydrogens is 112 g/mol. The fourth-order valence-corrected chi connectivity index (χ4v) is 1.55. The zero-order valence-corrected chi connectivity index (χ0v) is 5.65. The van der Waals surface area contributed by atoms with Crippen molar-refractivity contribution in [1.82, 2.24) is 4.98 Å². The second-order valence-corrected chi connectivity index (χ2v) is 2.47. The lowest BCUT2D eigenvalue weighted by molar-refractivity contribution is -0.698. The molecule has 1 N–H and O–H groups in total. The van der Waals surface area contributed by atoms with Crippen molar-refractivity contribution < 1.29 is 4.57 Å². The lowest BCUT2D eigenvalue weighted by atomic mass is 10.3. The topological polar surface area (TPSA) is 19.7 Å². The van der Waals surface area contributed by atoms with E-state index in [1.165, 1.54) is 24.4 Å². The van der Waals surface area contributed by atoms with Gasteiger partial charge in [-0.05, 0) is 6.92 Å². The van der Waals surface area contributed by atoms with Gasteiger partial charge in [0, 0.05) is 6.42 Å². The summed E-state index contributed by atoms with van der Waals surface area (Å²) in [6, 6.07) is 0. The van der Waals surface area contributed by atoms with Gasteiger partial charge in [-0.3, -0.25) is 0 Å². The van der Waals surface area contributed by atoms with Gasteiger partial charge < -0.3 is 0 Å².